The summed E-state index contributed by atoms with van der Waals surface area (Å²) >= 11 is 0. The highest BCUT2D eigenvalue weighted by Gasteiger charge is 2.23. The van der Waals surface area contributed by atoms with Gasteiger partial charge in [0.2, 0.25) is 0 Å². The average Bonchev–Trinajstić information content (AvgIpc) is 2.80. The van der Waals surface area contributed by atoms with E-state index in [4.69, 9.17) is 9.47 Å². The Morgan fingerprint density at radius 3 is 1.37 bits per heavy atom. The van der Waals surface area contributed by atoms with Crippen LogP contribution in [-0.4, -0.2) is 24.6 Å². The Balaban J connectivity index is 3.32. The van der Waals surface area contributed by atoms with Gasteiger partial charge in [0.05, 0.1) is 6.61 Å². The lowest BCUT2D eigenvalue weighted by atomic mass is 9.90. The van der Waals surface area contributed by atoms with Gasteiger partial charge in [-0.25, -0.2) is 0 Å². The highest BCUT2D eigenvalue weighted by Crippen LogP contribution is 2.22. The molecule has 0 aromatic heterocycles. The normalized spacial score (nSPS) is 12.5. The van der Waals surface area contributed by atoms with Crippen molar-refractivity contribution in [3.8, 4) is 0 Å². The van der Waals surface area contributed by atoms with Crippen molar-refractivity contribution in [2.45, 2.75) is 176 Å². The standard InChI is InChI=1S/C31H60O4/c1-6-7-8-9-10-11-12-13-14-15-18-21-24-27-34-29(32)25-22-19-16-17-20-23-26-30(33)35-28(2)31(3,4)5/h28H,6-27H2,1-5H3. The first-order valence-electron chi connectivity index (χ1n) is 15.1. The van der Waals surface area contributed by atoms with Gasteiger partial charge in [-0.15, -0.1) is 0 Å². The van der Waals surface area contributed by atoms with Gasteiger partial charge in [-0.2, -0.15) is 0 Å². The van der Waals surface area contributed by atoms with Crippen molar-refractivity contribution in [2.75, 3.05) is 6.61 Å². The molecular formula is C31H60O4. The van der Waals surface area contributed by atoms with Crippen LogP contribution in [-0.2, 0) is 19.1 Å². The molecule has 0 aliphatic heterocycles. The molecule has 4 heteroatoms. The topological polar surface area (TPSA) is 52.6 Å². The van der Waals surface area contributed by atoms with Crippen molar-refractivity contribution >= 4 is 11.9 Å². The minimum absolute atomic E-state index is 0.0107. The van der Waals surface area contributed by atoms with Gasteiger partial charge in [0.15, 0.2) is 0 Å². The van der Waals surface area contributed by atoms with Gasteiger partial charge in [0, 0.05) is 12.8 Å². The van der Waals surface area contributed by atoms with Crippen LogP contribution in [0.25, 0.3) is 0 Å². The third kappa shape index (κ3) is 24.4. The second kappa shape index (κ2) is 23.3. The van der Waals surface area contributed by atoms with E-state index in [2.05, 4.69) is 27.7 Å². The van der Waals surface area contributed by atoms with Crippen LogP contribution in [0.5, 0.6) is 0 Å². The molecule has 0 radical (unpaired) electrons. The lowest BCUT2D eigenvalue weighted by Crippen LogP contribution is -2.28. The van der Waals surface area contributed by atoms with E-state index in [1.54, 1.807) is 0 Å². The Kier molecular flexibility index (Phi) is 22.6. The molecule has 0 aromatic carbocycles. The monoisotopic (exact) mass is 496 g/mol. The minimum atomic E-state index is -0.0846. The third-order valence-corrected chi connectivity index (χ3v) is 7.05. The second-order valence-corrected chi connectivity index (χ2v) is 11.6. The fraction of sp³-hybridized carbons (Fsp3) is 0.935. The maximum Gasteiger partial charge on any atom is 0.306 e. The summed E-state index contributed by atoms with van der Waals surface area (Å²) in [7, 11) is 0. The fourth-order valence-corrected chi connectivity index (χ4v) is 4.06. The molecule has 1 unspecified atom stereocenters. The third-order valence-electron chi connectivity index (χ3n) is 7.05. The summed E-state index contributed by atoms with van der Waals surface area (Å²) in [5.74, 6) is -0.127. The number of hydrogen-bond acceptors (Lipinski definition) is 4. The molecule has 0 bridgehead atoms. The van der Waals surface area contributed by atoms with Crippen molar-refractivity contribution in [2.24, 2.45) is 5.41 Å². The van der Waals surface area contributed by atoms with Gasteiger partial charge in [0.1, 0.15) is 6.10 Å². The minimum Gasteiger partial charge on any atom is -0.466 e. The molecule has 0 N–H and O–H groups in total. The number of hydrogen-bond donors (Lipinski definition) is 0. The summed E-state index contributed by atoms with van der Waals surface area (Å²) in [5, 5.41) is 0. The first-order valence-corrected chi connectivity index (χ1v) is 15.1. The first-order chi connectivity index (χ1) is 16.8. The Bertz CT molecular complexity index is 495. The molecule has 0 fully saturated rings. The maximum absolute atomic E-state index is 11.9. The summed E-state index contributed by atoms with van der Waals surface area (Å²) < 4.78 is 10.9. The summed E-state index contributed by atoms with van der Waals surface area (Å²) in [6.45, 7) is 11.1. The number of carbonyl (C=O) groups excluding carboxylic acids is 2. The molecule has 0 aliphatic carbocycles. The van der Waals surface area contributed by atoms with E-state index in [9.17, 15) is 9.59 Å². The Morgan fingerprint density at radius 1 is 0.571 bits per heavy atom. The van der Waals surface area contributed by atoms with E-state index in [0.717, 1.165) is 44.9 Å². The van der Waals surface area contributed by atoms with Crippen LogP contribution >= 0.6 is 0 Å². The predicted molar refractivity (Wildman–Crippen MR) is 149 cm³/mol. The maximum atomic E-state index is 11.9. The molecule has 0 saturated heterocycles. The van der Waals surface area contributed by atoms with E-state index in [-0.39, 0.29) is 23.5 Å². The van der Waals surface area contributed by atoms with Gasteiger partial charge in [-0.05, 0) is 31.6 Å². The van der Waals surface area contributed by atoms with E-state index in [1.807, 2.05) is 6.92 Å². The van der Waals surface area contributed by atoms with Gasteiger partial charge < -0.3 is 9.47 Å². The van der Waals surface area contributed by atoms with Crippen molar-refractivity contribution in [1.82, 2.24) is 0 Å². The zero-order chi connectivity index (χ0) is 26.2. The summed E-state index contributed by atoms with van der Waals surface area (Å²) in [5.41, 5.74) is -0.0107. The fourth-order valence-electron chi connectivity index (χ4n) is 4.06. The second-order valence-electron chi connectivity index (χ2n) is 11.6. The molecule has 35 heavy (non-hydrogen) atoms. The van der Waals surface area contributed by atoms with Crippen molar-refractivity contribution < 1.29 is 19.1 Å². The zero-order valence-corrected chi connectivity index (χ0v) is 24.3. The lowest BCUT2D eigenvalue weighted by Gasteiger charge is -2.26. The summed E-state index contributed by atoms with van der Waals surface area (Å²) in [6, 6.07) is 0. The van der Waals surface area contributed by atoms with Crippen molar-refractivity contribution in [3.63, 3.8) is 0 Å². The predicted octanol–water partition coefficient (Wildman–Crippen LogP) is 9.72. The van der Waals surface area contributed by atoms with Crippen LogP contribution in [0.4, 0.5) is 0 Å². The molecule has 4 nitrogen and oxygen atoms in total. The number of rotatable bonds is 24. The first kappa shape index (κ1) is 33.9. The van der Waals surface area contributed by atoms with Crippen molar-refractivity contribution in [1.29, 1.82) is 0 Å². The van der Waals surface area contributed by atoms with Crippen LogP contribution < -0.4 is 0 Å². The molecular weight excluding hydrogens is 436 g/mol. The van der Waals surface area contributed by atoms with E-state index in [1.165, 1.54) is 77.0 Å². The van der Waals surface area contributed by atoms with Gasteiger partial charge in [-0.1, -0.05) is 130 Å². The van der Waals surface area contributed by atoms with Crippen LogP contribution in [0.2, 0.25) is 0 Å². The number of esters is 2. The number of ether oxygens (including phenoxy) is 2. The molecule has 0 rings (SSSR count). The van der Waals surface area contributed by atoms with E-state index >= 15 is 0 Å². The van der Waals surface area contributed by atoms with Gasteiger partial charge in [-0.3, -0.25) is 9.59 Å². The van der Waals surface area contributed by atoms with Gasteiger partial charge >= 0.3 is 11.9 Å². The Labute approximate surface area is 218 Å². The molecule has 0 heterocycles. The summed E-state index contributed by atoms with van der Waals surface area (Å²) in [4.78, 5) is 23.7. The molecule has 0 aromatic rings. The van der Waals surface area contributed by atoms with Crippen LogP contribution in [0, 0.1) is 5.41 Å². The van der Waals surface area contributed by atoms with E-state index in [0.29, 0.717) is 19.4 Å². The summed E-state index contributed by atoms with van der Waals surface area (Å²) in [6.07, 6.45) is 24.4. The average molecular weight is 497 g/mol. The number of carbonyl (C=O) groups is 2. The van der Waals surface area contributed by atoms with Crippen molar-refractivity contribution in [3.05, 3.63) is 0 Å². The highest BCUT2D eigenvalue weighted by molar-refractivity contribution is 5.69. The van der Waals surface area contributed by atoms with Gasteiger partial charge in [0.25, 0.3) is 0 Å². The zero-order valence-electron chi connectivity index (χ0n) is 24.3. The SMILES string of the molecule is CCCCCCCCCCCCCCCOC(=O)CCCCCCCCC(=O)OC(C)C(C)(C)C. The van der Waals surface area contributed by atoms with Crippen LogP contribution in [0.3, 0.4) is 0 Å². The molecule has 208 valence electrons. The lowest BCUT2D eigenvalue weighted by molar-refractivity contribution is -0.153. The van der Waals surface area contributed by atoms with E-state index < -0.39 is 0 Å². The molecule has 0 saturated carbocycles. The molecule has 0 spiro atoms. The smallest absolute Gasteiger partial charge is 0.306 e. The molecule has 0 aliphatic rings. The highest BCUT2D eigenvalue weighted by atomic mass is 16.5. The van der Waals surface area contributed by atoms with Crippen LogP contribution in [0.15, 0.2) is 0 Å². The molecule has 1 atom stereocenters. The number of unbranched alkanes of at least 4 members (excludes halogenated alkanes) is 17. The quantitative estimate of drug-likeness (QED) is 0.0985. The largest absolute Gasteiger partial charge is 0.466 e. The van der Waals surface area contributed by atoms with Crippen LogP contribution in [0.1, 0.15) is 169 Å². The molecule has 0 amide bonds. The Hall–Kier alpha value is -1.06. The Morgan fingerprint density at radius 2 is 0.943 bits per heavy atom.